The van der Waals surface area contributed by atoms with Gasteiger partial charge in [0.05, 0.1) is 0 Å². The van der Waals surface area contributed by atoms with Crippen LogP contribution in [-0.4, -0.2) is 30.3 Å². The third-order valence-corrected chi connectivity index (χ3v) is 3.33. The van der Waals surface area contributed by atoms with Gasteiger partial charge in [-0.25, -0.2) is 0 Å². The van der Waals surface area contributed by atoms with Crippen LogP contribution in [0.15, 0.2) is 24.3 Å². The number of para-hydroxylation sites is 1. The molecule has 0 bridgehead atoms. The maximum absolute atomic E-state index is 12.2. The first-order valence-corrected chi connectivity index (χ1v) is 6.39. The summed E-state index contributed by atoms with van der Waals surface area (Å²) >= 11 is 0. The van der Waals surface area contributed by atoms with Gasteiger partial charge in [0.1, 0.15) is 18.3 Å². The topological polar surface area (TPSA) is 58.6 Å². The number of carbonyl (C=O) groups is 1. The smallest absolute Gasteiger partial charge is 0.231 e. The normalized spacial score (nSPS) is 18.9. The lowest BCUT2D eigenvalue weighted by Gasteiger charge is -2.18. The Bertz CT molecular complexity index is 419. The highest BCUT2D eigenvalue weighted by molar-refractivity contribution is 5.85. The van der Waals surface area contributed by atoms with Gasteiger partial charge in [-0.15, -0.1) is 0 Å². The quantitative estimate of drug-likeness (QED) is 0.830. The van der Waals surface area contributed by atoms with E-state index in [0.29, 0.717) is 13.0 Å². The predicted octanol–water partition coefficient (Wildman–Crippen LogP) is 1.44. The number of ether oxygens (including phenoxy) is 1. The maximum atomic E-state index is 12.2. The van der Waals surface area contributed by atoms with Crippen molar-refractivity contribution in [2.45, 2.75) is 31.7 Å². The van der Waals surface area contributed by atoms with Crippen molar-refractivity contribution in [3.05, 3.63) is 29.8 Å². The summed E-state index contributed by atoms with van der Waals surface area (Å²) in [4.78, 5) is 12.2. The zero-order valence-electron chi connectivity index (χ0n) is 10.6. The molecule has 1 amide bonds. The van der Waals surface area contributed by atoms with Crippen molar-refractivity contribution < 1.29 is 14.6 Å². The molecule has 18 heavy (non-hydrogen) atoms. The highest BCUT2D eigenvalue weighted by atomic mass is 16.5. The molecule has 1 aliphatic heterocycles. The summed E-state index contributed by atoms with van der Waals surface area (Å²) in [6, 6.07) is 7.67. The number of hydrogen-bond donors (Lipinski definition) is 2. The standard InChI is InChI=1S/C14H19NO3/c1-2-10(7-8-16)15-14(17)12-9-18-13-6-4-3-5-11(12)13/h3-6,10,12,16H,2,7-9H2,1H3,(H,15,17)/t10-,12+/m1/s1. The number of fused-ring (bicyclic) bond motifs is 1. The van der Waals surface area contributed by atoms with Gasteiger partial charge >= 0.3 is 0 Å². The molecule has 0 saturated carbocycles. The Morgan fingerprint density at radius 2 is 2.33 bits per heavy atom. The van der Waals surface area contributed by atoms with Crippen molar-refractivity contribution in [2.75, 3.05) is 13.2 Å². The Morgan fingerprint density at radius 1 is 1.56 bits per heavy atom. The molecular formula is C14H19NO3. The van der Waals surface area contributed by atoms with Crippen LogP contribution in [0.3, 0.4) is 0 Å². The zero-order valence-corrected chi connectivity index (χ0v) is 10.6. The number of aliphatic hydroxyl groups excluding tert-OH is 1. The summed E-state index contributed by atoms with van der Waals surface area (Å²) in [5.41, 5.74) is 0.953. The van der Waals surface area contributed by atoms with Gasteiger partial charge in [-0.05, 0) is 18.9 Å². The van der Waals surface area contributed by atoms with E-state index in [1.165, 1.54) is 0 Å². The zero-order chi connectivity index (χ0) is 13.0. The van der Waals surface area contributed by atoms with E-state index in [4.69, 9.17) is 9.84 Å². The van der Waals surface area contributed by atoms with Gasteiger partial charge in [0.2, 0.25) is 5.91 Å². The van der Waals surface area contributed by atoms with Crippen molar-refractivity contribution in [1.29, 1.82) is 0 Å². The minimum atomic E-state index is -0.228. The van der Waals surface area contributed by atoms with Gasteiger partial charge in [-0.2, -0.15) is 0 Å². The molecule has 2 atom stereocenters. The largest absolute Gasteiger partial charge is 0.492 e. The summed E-state index contributed by atoms with van der Waals surface area (Å²) < 4.78 is 5.50. The first kappa shape index (κ1) is 12.9. The fourth-order valence-corrected chi connectivity index (χ4v) is 2.22. The minimum Gasteiger partial charge on any atom is -0.492 e. The molecule has 0 unspecified atom stereocenters. The summed E-state index contributed by atoms with van der Waals surface area (Å²) in [5.74, 6) is 0.557. The Balaban J connectivity index is 2.03. The number of rotatable bonds is 5. The third kappa shape index (κ3) is 2.64. The molecule has 98 valence electrons. The third-order valence-electron chi connectivity index (χ3n) is 3.33. The molecule has 0 radical (unpaired) electrons. The van der Waals surface area contributed by atoms with Gasteiger partial charge in [0.25, 0.3) is 0 Å². The molecule has 1 aromatic carbocycles. The van der Waals surface area contributed by atoms with Crippen LogP contribution in [0.5, 0.6) is 5.75 Å². The first-order chi connectivity index (χ1) is 8.76. The second kappa shape index (κ2) is 5.87. The highest BCUT2D eigenvalue weighted by Gasteiger charge is 2.30. The van der Waals surface area contributed by atoms with Gasteiger partial charge < -0.3 is 15.2 Å². The van der Waals surface area contributed by atoms with E-state index in [9.17, 15) is 4.79 Å². The van der Waals surface area contributed by atoms with Crippen LogP contribution in [0.25, 0.3) is 0 Å². The van der Waals surface area contributed by atoms with Gasteiger partial charge in [-0.1, -0.05) is 25.1 Å². The number of hydrogen-bond acceptors (Lipinski definition) is 3. The molecule has 0 spiro atoms. The van der Waals surface area contributed by atoms with Crippen molar-refractivity contribution in [3.63, 3.8) is 0 Å². The maximum Gasteiger partial charge on any atom is 0.231 e. The fraction of sp³-hybridized carbons (Fsp3) is 0.500. The molecule has 0 saturated heterocycles. The van der Waals surface area contributed by atoms with Crippen LogP contribution in [0, 0.1) is 0 Å². The molecule has 0 fully saturated rings. The van der Waals surface area contributed by atoms with E-state index >= 15 is 0 Å². The van der Waals surface area contributed by atoms with Crippen LogP contribution in [0.1, 0.15) is 31.2 Å². The fourth-order valence-electron chi connectivity index (χ4n) is 2.22. The molecular weight excluding hydrogens is 230 g/mol. The molecule has 1 aromatic rings. The summed E-state index contributed by atoms with van der Waals surface area (Å²) in [6.45, 7) is 2.50. The van der Waals surface area contributed by atoms with Crippen molar-refractivity contribution >= 4 is 5.91 Å². The van der Waals surface area contributed by atoms with Crippen LogP contribution in [0.2, 0.25) is 0 Å². The van der Waals surface area contributed by atoms with E-state index in [-0.39, 0.29) is 24.5 Å². The van der Waals surface area contributed by atoms with E-state index in [0.717, 1.165) is 17.7 Å². The number of aliphatic hydroxyl groups is 1. The molecule has 1 heterocycles. The van der Waals surface area contributed by atoms with Crippen molar-refractivity contribution in [3.8, 4) is 5.75 Å². The molecule has 0 aromatic heterocycles. The van der Waals surface area contributed by atoms with E-state index in [1.807, 2.05) is 31.2 Å². The number of nitrogens with one attached hydrogen (secondary N) is 1. The van der Waals surface area contributed by atoms with Crippen LogP contribution < -0.4 is 10.1 Å². The summed E-state index contributed by atoms with van der Waals surface area (Å²) in [5, 5.41) is 11.9. The average molecular weight is 249 g/mol. The molecule has 4 heteroatoms. The van der Waals surface area contributed by atoms with Crippen LogP contribution in [-0.2, 0) is 4.79 Å². The number of benzene rings is 1. The number of amides is 1. The predicted molar refractivity (Wildman–Crippen MR) is 68.6 cm³/mol. The van der Waals surface area contributed by atoms with Gasteiger partial charge in [0, 0.05) is 18.2 Å². The lowest BCUT2D eigenvalue weighted by Crippen LogP contribution is -2.38. The monoisotopic (exact) mass is 249 g/mol. The summed E-state index contributed by atoms with van der Waals surface area (Å²) in [6.07, 6.45) is 1.42. The molecule has 2 N–H and O–H groups in total. The number of carbonyl (C=O) groups excluding carboxylic acids is 1. The summed E-state index contributed by atoms with van der Waals surface area (Å²) in [7, 11) is 0. The Morgan fingerprint density at radius 3 is 3.06 bits per heavy atom. The van der Waals surface area contributed by atoms with Gasteiger partial charge in [0.15, 0.2) is 0 Å². The molecule has 1 aliphatic rings. The second-order valence-electron chi connectivity index (χ2n) is 4.53. The average Bonchev–Trinajstić information content (AvgIpc) is 2.82. The molecule has 0 aliphatic carbocycles. The lowest BCUT2D eigenvalue weighted by molar-refractivity contribution is -0.123. The first-order valence-electron chi connectivity index (χ1n) is 6.39. The Labute approximate surface area is 107 Å². The van der Waals surface area contributed by atoms with Crippen molar-refractivity contribution in [1.82, 2.24) is 5.32 Å². The highest BCUT2D eigenvalue weighted by Crippen LogP contribution is 2.33. The van der Waals surface area contributed by atoms with Crippen LogP contribution >= 0.6 is 0 Å². The van der Waals surface area contributed by atoms with Crippen molar-refractivity contribution in [2.24, 2.45) is 0 Å². The molecule has 4 nitrogen and oxygen atoms in total. The van der Waals surface area contributed by atoms with Crippen LogP contribution in [0.4, 0.5) is 0 Å². The van der Waals surface area contributed by atoms with E-state index in [2.05, 4.69) is 5.32 Å². The Kier molecular flexibility index (Phi) is 4.20. The molecule has 2 rings (SSSR count). The van der Waals surface area contributed by atoms with E-state index < -0.39 is 0 Å². The van der Waals surface area contributed by atoms with Gasteiger partial charge in [-0.3, -0.25) is 4.79 Å². The Hall–Kier alpha value is -1.55. The van der Waals surface area contributed by atoms with E-state index in [1.54, 1.807) is 0 Å². The SMILES string of the molecule is CC[C@H](CCO)NC(=O)[C@H]1COc2ccccc21. The minimum absolute atomic E-state index is 0.0137. The second-order valence-corrected chi connectivity index (χ2v) is 4.53. The lowest BCUT2D eigenvalue weighted by atomic mass is 9.99.